The summed E-state index contributed by atoms with van der Waals surface area (Å²) in [6.07, 6.45) is -0.0876. The van der Waals surface area contributed by atoms with E-state index in [0.717, 1.165) is 0 Å². The number of halogens is 3. The standard InChI is InChI=1S/C20H19F3N2O4/c1-11-3-5-15(14(21)7-11)25-10-12(8-18(25)26)19(27)24-13-4-6-16(28-2)17(9-13)29-20(22)23/h3-7,9,12,20H,8,10H2,1-2H3,(H,24,27). The number of anilines is 2. The first-order valence-corrected chi connectivity index (χ1v) is 8.78. The van der Waals surface area contributed by atoms with Crippen molar-refractivity contribution < 1.29 is 32.2 Å². The van der Waals surface area contributed by atoms with Gasteiger partial charge in [-0.15, -0.1) is 0 Å². The van der Waals surface area contributed by atoms with Crippen LogP contribution in [0, 0.1) is 18.7 Å². The van der Waals surface area contributed by atoms with E-state index in [1.54, 1.807) is 13.0 Å². The van der Waals surface area contributed by atoms with Gasteiger partial charge in [0.05, 0.1) is 18.7 Å². The van der Waals surface area contributed by atoms with Crippen molar-refractivity contribution in [1.82, 2.24) is 0 Å². The number of carbonyl (C=O) groups is 2. The molecule has 154 valence electrons. The maximum atomic E-state index is 14.2. The van der Waals surface area contributed by atoms with E-state index >= 15 is 0 Å². The molecule has 1 heterocycles. The largest absolute Gasteiger partial charge is 0.493 e. The van der Waals surface area contributed by atoms with Gasteiger partial charge < -0.3 is 19.7 Å². The number of amides is 2. The Morgan fingerprint density at radius 1 is 1.21 bits per heavy atom. The summed E-state index contributed by atoms with van der Waals surface area (Å²) in [6.45, 7) is -1.31. The van der Waals surface area contributed by atoms with E-state index in [9.17, 15) is 22.8 Å². The molecular formula is C20H19F3N2O4. The van der Waals surface area contributed by atoms with Crippen LogP contribution in [0.3, 0.4) is 0 Å². The zero-order valence-electron chi connectivity index (χ0n) is 15.7. The number of nitrogens with one attached hydrogen (secondary N) is 1. The minimum absolute atomic E-state index is 0.0151. The van der Waals surface area contributed by atoms with Gasteiger partial charge >= 0.3 is 6.61 Å². The van der Waals surface area contributed by atoms with Crippen molar-refractivity contribution in [3.05, 3.63) is 47.8 Å². The predicted octanol–water partition coefficient (Wildman–Crippen LogP) is 3.74. The lowest BCUT2D eigenvalue weighted by Gasteiger charge is -2.18. The molecule has 9 heteroatoms. The SMILES string of the molecule is COc1ccc(NC(=O)C2CC(=O)N(c3ccc(C)cc3F)C2)cc1OC(F)F. The number of ether oxygens (including phenoxy) is 2. The Hall–Kier alpha value is -3.23. The molecule has 2 amide bonds. The van der Waals surface area contributed by atoms with E-state index in [0.29, 0.717) is 5.56 Å². The number of hydrogen-bond acceptors (Lipinski definition) is 4. The van der Waals surface area contributed by atoms with Crippen LogP contribution in [-0.4, -0.2) is 32.1 Å². The molecule has 1 N–H and O–H groups in total. The molecule has 2 aromatic carbocycles. The van der Waals surface area contributed by atoms with Crippen molar-refractivity contribution in [2.45, 2.75) is 20.0 Å². The van der Waals surface area contributed by atoms with Gasteiger partial charge in [-0.2, -0.15) is 8.78 Å². The molecule has 1 aliphatic rings. The molecule has 2 aromatic rings. The van der Waals surface area contributed by atoms with Crippen LogP contribution < -0.4 is 19.7 Å². The molecule has 29 heavy (non-hydrogen) atoms. The highest BCUT2D eigenvalue weighted by atomic mass is 19.3. The highest BCUT2D eigenvalue weighted by molar-refractivity contribution is 6.03. The number of alkyl halides is 2. The molecule has 3 rings (SSSR count). The van der Waals surface area contributed by atoms with Crippen molar-refractivity contribution in [3.63, 3.8) is 0 Å². The van der Waals surface area contributed by atoms with E-state index in [4.69, 9.17) is 4.74 Å². The molecule has 1 fully saturated rings. The summed E-state index contributed by atoms with van der Waals surface area (Å²) < 4.78 is 48.6. The first-order chi connectivity index (χ1) is 13.8. The number of methoxy groups -OCH3 is 1. The van der Waals surface area contributed by atoms with Gasteiger partial charge in [-0.1, -0.05) is 6.07 Å². The number of rotatable bonds is 6. The van der Waals surface area contributed by atoms with Crippen LogP contribution in [0.25, 0.3) is 0 Å². The molecule has 0 aliphatic carbocycles. The molecule has 0 bridgehead atoms. The van der Waals surface area contributed by atoms with Crippen molar-refractivity contribution in [3.8, 4) is 11.5 Å². The lowest BCUT2D eigenvalue weighted by molar-refractivity contribution is -0.122. The smallest absolute Gasteiger partial charge is 0.387 e. The van der Waals surface area contributed by atoms with Gasteiger partial charge in [-0.3, -0.25) is 9.59 Å². The molecular weight excluding hydrogens is 389 g/mol. The first-order valence-electron chi connectivity index (χ1n) is 8.78. The summed E-state index contributed by atoms with van der Waals surface area (Å²) in [5.41, 5.74) is 1.04. The Morgan fingerprint density at radius 3 is 2.62 bits per heavy atom. The second kappa shape index (κ2) is 8.42. The van der Waals surface area contributed by atoms with Crippen molar-refractivity contribution in [1.29, 1.82) is 0 Å². The Balaban J connectivity index is 1.72. The fourth-order valence-electron chi connectivity index (χ4n) is 3.13. The summed E-state index contributed by atoms with van der Waals surface area (Å²) in [6, 6.07) is 8.54. The maximum Gasteiger partial charge on any atom is 0.387 e. The Bertz CT molecular complexity index is 936. The lowest BCUT2D eigenvalue weighted by Crippen LogP contribution is -2.28. The summed E-state index contributed by atoms with van der Waals surface area (Å²) in [5, 5.41) is 2.57. The third kappa shape index (κ3) is 4.61. The van der Waals surface area contributed by atoms with E-state index in [1.165, 1.54) is 42.3 Å². The van der Waals surface area contributed by atoms with E-state index < -0.39 is 24.3 Å². The minimum atomic E-state index is -3.06. The van der Waals surface area contributed by atoms with E-state index in [2.05, 4.69) is 10.1 Å². The normalized spacial score (nSPS) is 16.3. The molecule has 0 radical (unpaired) electrons. The van der Waals surface area contributed by atoms with Crippen LogP contribution in [0.2, 0.25) is 0 Å². The lowest BCUT2D eigenvalue weighted by atomic mass is 10.1. The molecule has 0 spiro atoms. The molecule has 1 saturated heterocycles. The van der Waals surface area contributed by atoms with E-state index in [1.807, 2.05) is 0 Å². The highest BCUT2D eigenvalue weighted by Crippen LogP contribution is 2.33. The summed E-state index contributed by atoms with van der Waals surface area (Å²) in [4.78, 5) is 26.1. The van der Waals surface area contributed by atoms with Crippen molar-refractivity contribution in [2.75, 3.05) is 23.9 Å². The first kappa shape index (κ1) is 20.5. The molecule has 0 aromatic heterocycles. The summed E-state index contributed by atoms with van der Waals surface area (Å²) in [5.74, 6) is -2.26. The van der Waals surface area contributed by atoms with Gasteiger partial charge in [0.1, 0.15) is 5.82 Å². The molecule has 1 unspecified atom stereocenters. The number of aryl methyl sites for hydroxylation is 1. The summed E-state index contributed by atoms with van der Waals surface area (Å²) in [7, 11) is 1.30. The Morgan fingerprint density at radius 2 is 1.97 bits per heavy atom. The molecule has 1 atom stereocenters. The number of benzene rings is 2. The highest BCUT2D eigenvalue weighted by Gasteiger charge is 2.36. The number of nitrogens with zero attached hydrogens (tertiary/aromatic N) is 1. The van der Waals surface area contributed by atoms with Crippen LogP contribution >= 0.6 is 0 Å². The van der Waals surface area contributed by atoms with Gasteiger partial charge in [-0.05, 0) is 36.8 Å². The fourth-order valence-corrected chi connectivity index (χ4v) is 3.13. The second-order valence-corrected chi connectivity index (χ2v) is 6.59. The number of hydrogen-bond donors (Lipinski definition) is 1. The summed E-state index contributed by atoms with van der Waals surface area (Å²) >= 11 is 0. The van der Waals surface area contributed by atoms with Crippen LogP contribution in [0.1, 0.15) is 12.0 Å². The Labute approximate surface area is 165 Å². The topological polar surface area (TPSA) is 67.9 Å². The zero-order chi connectivity index (χ0) is 21.1. The van der Waals surface area contributed by atoms with Crippen LogP contribution in [-0.2, 0) is 9.59 Å². The Kier molecular flexibility index (Phi) is 5.95. The van der Waals surface area contributed by atoms with Crippen molar-refractivity contribution >= 4 is 23.2 Å². The molecule has 1 aliphatic heterocycles. The second-order valence-electron chi connectivity index (χ2n) is 6.59. The number of carbonyl (C=O) groups excluding carboxylic acids is 2. The van der Waals surface area contributed by atoms with Crippen molar-refractivity contribution in [2.24, 2.45) is 5.92 Å². The van der Waals surface area contributed by atoms with Crippen LogP contribution in [0.15, 0.2) is 36.4 Å². The maximum absolute atomic E-state index is 14.2. The van der Waals surface area contributed by atoms with Crippen LogP contribution in [0.4, 0.5) is 24.5 Å². The van der Waals surface area contributed by atoms with Gasteiger partial charge in [0, 0.05) is 24.7 Å². The molecule has 0 saturated carbocycles. The van der Waals surface area contributed by atoms with Gasteiger partial charge in [0.2, 0.25) is 11.8 Å². The molecule has 6 nitrogen and oxygen atoms in total. The minimum Gasteiger partial charge on any atom is -0.493 e. The van der Waals surface area contributed by atoms with Gasteiger partial charge in [0.25, 0.3) is 0 Å². The van der Waals surface area contributed by atoms with E-state index in [-0.39, 0.29) is 41.7 Å². The third-order valence-electron chi connectivity index (χ3n) is 4.54. The van der Waals surface area contributed by atoms with Crippen LogP contribution in [0.5, 0.6) is 11.5 Å². The average Bonchev–Trinajstić information content (AvgIpc) is 3.03. The quantitative estimate of drug-likeness (QED) is 0.791. The van der Waals surface area contributed by atoms with Gasteiger partial charge in [0.15, 0.2) is 11.5 Å². The van der Waals surface area contributed by atoms with Gasteiger partial charge in [-0.25, -0.2) is 4.39 Å². The third-order valence-corrected chi connectivity index (χ3v) is 4.54. The fraction of sp³-hybridized carbons (Fsp3) is 0.300. The monoisotopic (exact) mass is 408 g/mol. The predicted molar refractivity (Wildman–Crippen MR) is 99.9 cm³/mol. The average molecular weight is 408 g/mol. The zero-order valence-corrected chi connectivity index (χ0v) is 15.7.